The summed E-state index contributed by atoms with van der Waals surface area (Å²) in [4.78, 5) is 4.88. The van der Waals surface area contributed by atoms with Crippen molar-refractivity contribution in [2.75, 3.05) is 44.2 Å². The van der Waals surface area contributed by atoms with E-state index >= 15 is 0 Å². The highest BCUT2D eigenvalue weighted by molar-refractivity contribution is 5.46. The smallest absolute Gasteiger partial charge is 0.123 e. The maximum absolute atomic E-state index is 12.9. The molecule has 1 aromatic rings. The molecule has 0 aliphatic carbocycles. The molecule has 0 spiro atoms. The first-order valence-corrected chi connectivity index (χ1v) is 8.12. The third kappa shape index (κ3) is 5.29. The van der Waals surface area contributed by atoms with Gasteiger partial charge in [0.05, 0.1) is 0 Å². The molecule has 0 radical (unpaired) electrons. The summed E-state index contributed by atoms with van der Waals surface area (Å²) >= 11 is 0. The number of nitrogens with two attached hydrogens (primary N) is 1. The lowest BCUT2D eigenvalue weighted by Crippen LogP contribution is -2.46. The molecule has 21 heavy (non-hydrogen) atoms. The lowest BCUT2D eigenvalue weighted by molar-refractivity contribution is 0.247. The van der Waals surface area contributed by atoms with Crippen LogP contribution in [0.5, 0.6) is 0 Å². The van der Waals surface area contributed by atoms with Crippen LogP contribution in [0, 0.1) is 11.7 Å². The Balaban J connectivity index is 1.67. The third-order valence-corrected chi connectivity index (χ3v) is 4.39. The van der Waals surface area contributed by atoms with E-state index in [2.05, 4.69) is 16.7 Å². The second-order valence-electron chi connectivity index (χ2n) is 6.13. The van der Waals surface area contributed by atoms with Gasteiger partial charge in [-0.05, 0) is 62.5 Å². The topological polar surface area (TPSA) is 32.5 Å². The molecule has 4 heteroatoms. The average molecular weight is 293 g/mol. The molecule has 2 rings (SSSR count). The van der Waals surface area contributed by atoms with Crippen LogP contribution in [0.4, 0.5) is 10.1 Å². The van der Waals surface area contributed by atoms with Gasteiger partial charge in [0.1, 0.15) is 5.82 Å². The van der Waals surface area contributed by atoms with Gasteiger partial charge in [-0.1, -0.05) is 6.92 Å². The largest absolute Gasteiger partial charge is 0.369 e. The first kappa shape index (κ1) is 16.2. The summed E-state index contributed by atoms with van der Waals surface area (Å²) in [5, 5.41) is 0. The minimum atomic E-state index is -0.163. The lowest BCUT2D eigenvalue weighted by Gasteiger charge is -2.36. The summed E-state index contributed by atoms with van der Waals surface area (Å²) < 4.78 is 12.9. The summed E-state index contributed by atoms with van der Waals surface area (Å²) in [6, 6.07) is 6.83. The quantitative estimate of drug-likeness (QED) is 0.839. The molecule has 1 fully saturated rings. The highest BCUT2D eigenvalue weighted by Crippen LogP contribution is 2.17. The number of piperazine rings is 1. The van der Waals surface area contributed by atoms with Gasteiger partial charge in [-0.2, -0.15) is 0 Å². The van der Waals surface area contributed by atoms with Gasteiger partial charge in [-0.15, -0.1) is 0 Å². The predicted octanol–water partition coefficient (Wildman–Crippen LogP) is 2.71. The van der Waals surface area contributed by atoms with Crippen LogP contribution in [0.3, 0.4) is 0 Å². The van der Waals surface area contributed by atoms with E-state index in [4.69, 9.17) is 5.73 Å². The van der Waals surface area contributed by atoms with Gasteiger partial charge in [0.2, 0.25) is 0 Å². The zero-order chi connectivity index (χ0) is 15.1. The molecular weight excluding hydrogens is 265 g/mol. The molecule has 0 saturated carbocycles. The van der Waals surface area contributed by atoms with Crippen molar-refractivity contribution in [2.45, 2.75) is 26.2 Å². The molecule has 0 aromatic heterocycles. The summed E-state index contributed by atoms with van der Waals surface area (Å²) in [5.74, 6) is 0.583. The number of rotatable bonds is 7. The molecule has 1 aliphatic rings. The highest BCUT2D eigenvalue weighted by atomic mass is 19.1. The van der Waals surface area contributed by atoms with Gasteiger partial charge in [-0.25, -0.2) is 4.39 Å². The normalized spacial score (nSPS) is 18.0. The molecule has 1 aromatic carbocycles. The number of benzene rings is 1. The number of hydrogen-bond donors (Lipinski definition) is 1. The van der Waals surface area contributed by atoms with Crippen LogP contribution in [-0.2, 0) is 0 Å². The molecule has 1 heterocycles. The van der Waals surface area contributed by atoms with Gasteiger partial charge in [0.15, 0.2) is 0 Å². The minimum Gasteiger partial charge on any atom is -0.369 e. The molecule has 0 bridgehead atoms. The van der Waals surface area contributed by atoms with E-state index in [1.165, 1.54) is 19.4 Å². The van der Waals surface area contributed by atoms with Crippen molar-refractivity contribution in [1.82, 2.24) is 4.90 Å². The van der Waals surface area contributed by atoms with E-state index in [9.17, 15) is 4.39 Å². The maximum atomic E-state index is 12.9. The third-order valence-electron chi connectivity index (χ3n) is 4.39. The SMILES string of the molecule is CC(CCN)CCCN1CCN(c2ccc(F)cc2)CC1. The zero-order valence-electron chi connectivity index (χ0n) is 13.1. The molecule has 1 saturated heterocycles. The van der Waals surface area contributed by atoms with Gasteiger partial charge in [0, 0.05) is 31.9 Å². The van der Waals surface area contributed by atoms with Crippen LogP contribution in [0.1, 0.15) is 26.2 Å². The number of nitrogens with zero attached hydrogens (tertiary/aromatic N) is 2. The monoisotopic (exact) mass is 293 g/mol. The number of hydrogen-bond acceptors (Lipinski definition) is 3. The Labute approximate surface area is 127 Å². The Hall–Kier alpha value is -1.13. The van der Waals surface area contributed by atoms with Crippen LogP contribution >= 0.6 is 0 Å². The number of halogens is 1. The van der Waals surface area contributed by atoms with Crippen molar-refractivity contribution >= 4 is 5.69 Å². The Kier molecular flexibility index (Phi) is 6.46. The van der Waals surface area contributed by atoms with E-state index in [0.29, 0.717) is 0 Å². The second-order valence-corrected chi connectivity index (χ2v) is 6.13. The predicted molar refractivity (Wildman–Crippen MR) is 87.1 cm³/mol. The van der Waals surface area contributed by atoms with E-state index < -0.39 is 0 Å². The van der Waals surface area contributed by atoms with Crippen molar-refractivity contribution in [3.8, 4) is 0 Å². The second kappa shape index (κ2) is 8.35. The van der Waals surface area contributed by atoms with Crippen LogP contribution in [-0.4, -0.2) is 44.2 Å². The molecule has 3 nitrogen and oxygen atoms in total. The van der Waals surface area contributed by atoms with Crippen molar-refractivity contribution < 1.29 is 4.39 Å². The summed E-state index contributed by atoms with van der Waals surface area (Å²) in [6.45, 7) is 8.54. The standard InChI is InChI=1S/C17H28FN3/c1-15(8-9-19)3-2-10-20-11-13-21(14-12-20)17-6-4-16(18)5-7-17/h4-7,15H,2-3,8-14,19H2,1H3. The average Bonchev–Trinajstić information content (AvgIpc) is 2.49. The lowest BCUT2D eigenvalue weighted by atomic mass is 10.0. The molecule has 1 atom stereocenters. The summed E-state index contributed by atoms with van der Waals surface area (Å²) in [6.07, 6.45) is 3.67. The van der Waals surface area contributed by atoms with Crippen LogP contribution in [0.15, 0.2) is 24.3 Å². The van der Waals surface area contributed by atoms with Gasteiger partial charge in [-0.3, -0.25) is 4.90 Å². The van der Waals surface area contributed by atoms with Crippen molar-refractivity contribution in [3.05, 3.63) is 30.1 Å². The Morgan fingerprint density at radius 3 is 2.38 bits per heavy atom. The maximum Gasteiger partial charge on any atom is 0.123 e. The van der Waals surface area contributed by atoms with E-state index in [0.717, 1.165) is 50.7 Å². The van der Waals surface area contributed by atoms with Gasteiger partial charge in [0.25, 0.3) is 0 Å². The minimum absolute atomic E-state index is 0.163. The molecule has 1 aliphatic heterocycles. The fraction of sp³-hybridized carbons (Fsp3) is 0.647. The zero-order valence-corrected chi connectivity index (χ0v) is 13.1. The summed E-state index contributed by atoms with van der Waals surface area (Å²) in [7, 11) is 0. The number of anilines is 1. The van der Waals surface area contributed by atoms with Gasteiger partial charge >= 0.3 is 0 Å². The fourth-order valence-electron chi connectivity index (χ4n) is 2.97. The molecule has 118 valence electrons. The Morgan fingerprint density at radius 2 is 1.76 bits per heavy atom. The molecule has 1 unspecified atom stereocenters. The van der Waals surface area contributed by atoms with E-state index in [1.54, 1.807) is 12.1 Å². The molecule has 0 amide bonds. The van der Waals surface area contributed by atoms with Crippen molar-refractivity contribution in [3.63, 3.8) is 0 Å². The van der Waals surface area contributed by atoms with E-state index in [1.807, 2.05) is 12.1 Å². The Bertz CT molecular complexity index is 399. The fourth-order valence-corrected chi connectivity index (χ4v) is 2.97. The van der Waals surface area contributed by atoms with E-state index in [-0.39, 0.29) is 5.82 Å². The summed E-state index contributed by atoms with van der Waals surface area (Å²) in [5.41, 5.74) is 6.72. The van der Waals surface area contributed by atoms with Crippen LogP contribution < -0.4 is 10.6 Å². The highest BCUT2D eigenvalue weighted by Gasteiger charge is 2.16. The molecular formula is C17H28FN3. The first-order valence-electron chi connectivity index (χ1n) is 8.12. The van der Waals surface area contributed by atoms with Crippen molar-refractivity contribution in [2.24, 2.45) is 11.7 Å². The van der Waals surface area contributed by atoms with Gasteiger partial charge < -0.3 is 10.6 Å². The van der Waals surface area contributed by atoms with Crippen molar-refractivity contribution in [1.29, 1.82) is 0 Å². The molecule has 2 N–H and O–H groups in total. The van der Waals surface area contributed by atoms with Crippen LogP contribution in [0.2, 0.25) is 0 Å². The Morgan fingerprint density at radius 1 is 1.10 bits per heavy atom. The first-order chi connectivity index (χ1) is 10.2. The van der Waals surface area contributed by atoms with Crippen LogP contribution in [0.25, 0.3) is 0 Å².